The first kappa shape index (κ1) is 17.9. The van der Waals surface area contributed by atoms with Crippen molar-refractivity contribution in [1.82, 2.24) is 10.1 Å². The predicted molar refractivity (Wildman–Crippen MR) is 124 cm³/mol. The lowest BCUT2D eigenvalue weighted by molar-refractivity contribution is 0.420. The van der Waals surface area contributed by atoms with Crippen molar-refractivity contribution >= 4 is 34.7 Å². The van der Waals surface area contributed by atoms with Crippen LogP contribution in [-0.2, 0) is 0 Å². The Labute approximate surface area is 189 Å². The molecular formula is C26H16N4O3. The zero-order valence-corrected chi connectivity index (χ0v) is 17.3. The van der Waals surface area contributed by atoms with Crippen LogP contribution in [0.5, 0.6) is 23.0 Å². The summed E-state index contributed by atoms with van der Waals surface area (Å²) in [5.74, 6) is 3.31. The number of benzene rings is 4. The number of hydrogen-bond acceptors (Lipinski definition) is 7. The van der Waals surface area contributed by atoms with Crippen LogP contribution in [0.2, 0.25) is 0 Å². The molecule has 0 amide bonds. The van der Waals surface area contributed by atoms with Crippen molar-refractivity contribution in [3.8, 4) is 23.0 Å². The molecule has 158 valence electrons. The van der Waals surface area contributed by atoms with Crippen molar-refractivity contribution in [3.05, 3.63) is 97.1 Å². The average molecular weight is 432 g/mol. The van der Waals surface area contributed by atoms with Gasteiger partial charge in [-0.15, -0.1) is 0 Å². The van der Waals surface area contributed by atoms with Crippen LogP contribution >= 0.6 is 0 Å². The molecule has 7 nitrogen and oxygen atoms in total. The summed E-state index contributed by atoms with van der Waals surface area (Å²) < 4.78 is 18.0. The molecule has 3 heterocycles. The molecule has 0 unspecified atom stereocenters. The highest BCUT2D eigenvalue weighted by Crippen LogP contribution is 2.52. The van der Waals surface area contributed by atoms with Crippen LogP contribution in [0.25, 0.3) is 0 Å². The lowest BCUT2D eigenvalue weighted by Gasteiger charge is -2.30. The molecule has 33 heavy (non-hydrogen) atoms. The second-order valence-corrected chi connectivity index (χ2v) is 7.62. The minimum atomic E-state index is 0.342. The molecule has 0 saturated heterocycles. The van der Waals surface area contributed by atoms with Crippen LogP contribution in [-0.4, -0.2) is 10.1 Å². The van der Waals surface area contributed by atoms with Gasteiger partial charge < -0.3 is 14.0 Å². The molecule has 5 aromatic rings. The number of anilines is 6. The number of aromatic nitrogens is 2. The van der Waals surface area contributed by atoms with Gasteiger partial charge in [0.1, 0.15) is 0 Å². The van der Waals surface area contributed by atoms with E-state index in [-0.39, 0.29) is 0 Å². The summed E-state index contributed by atoms with van der Waals surface area (Å²) in [5, 5.41) is 4.36. The first-order chi connectivity index (χ1) is 16.4. The van der Waals surface area contributed by atoms with Gasteiger partial charge in [0.2, 0.25) is 0 Å². The smallest absolute Gasteiger partial charge is 0.335 e. The number of hydrogen-bond donors (Lipinski definition) is 0. The van der Waals surface area contributed by atoms with Gasteiger partial charge in [0, 0.05) is 0 Å². The molecule has 1 aromatic heterocycles. The molecule has 0 radical (unpaired) electrons. The van der Waals surface area contributed by atoms with Gasteiger partial charge in [-0.05, 0) is 53.7 Å². The number of rotatable bonds is 2. The third-order valence-electron chi connectivity index (χ3n) is 5.66. The number of fused-ring (bicyclic) bond motifs is 4. The fourth-order valence-electron chi connectivity index (χ4n) is 4.22. The van der Waals surface area contributed by atoms with Gasteiger partial charge >= 0.3 is 6.01 Å². The van der Waals surface area contributed by atoms with Crippen LogP contribution in [0, 0.1) is 0 Å². The molecular weight excluding hydrogens is 416 g/mol. The second-order valence-electron chi connectivity index (χ2n) is 7.62. The molecule has 2 aliphatic heterocycles. The summed E-state index contributed by atoms with van der Waals surface area (Å²) >= 11 is 0. The zero-order chi connectivity index (χ0) is 21.8. The van der Waals surface area contributed by atoms with Gasteiger partial charge in [-0.25, -0.2) is 0 Å². The van der Waals surface area contributed by atoms with Crippen LogP contribution in [0.4, 0.5) is 34.7 Å². The quantitative estimate of drug-likeness (QED) is 0.286. The van der Waals surface area contributed by atoms with E-state index in [4.69, 9.17) is 19.0 Å². The molecule has 0 bridgehead atoms. The Bertz CT molecular complexity index is 1310. The van der Waals surface area contributed by atoms with Gasteiger partial charge in [0.05, 0.1) is 22.7 Å². The first-order valence-corrected chi connectivity index (χ1v) is 10.5. The summed E-state index contributed by atoms with van der Waals surface area (Å²) in [6.07, 6.45) is 0. The van der Waals surface area contributed by atoms with E-state index in [2.05, 4.69) is 5.16 Å². The van der Waals surface area contributed by atoms with Crippen LogP contribution in [0.1, 0.15) is 0 Å². The van der Waals surface area contributed by atoms with Gasteiger partial charge in [-0.3, -0.25) is 9.80 Å². The molecule has 0 fully saturated rings. The summed E-state index contributed by atoms with van der Waals surface area (Å²) in [6, 6.07) is 31.5. The molecule has 0 aliphatic carbocycles. The standard InChI is InChI=1S/C26H16N4O3/c1-5-13-21-17(9-1)29(18-10-2-6-14-22(18)31-21)25-27-26(33-28-25)30-19-11-3-7-15-23(19)32-24-16-8-4-12-20(24)30/h1-16H. The molecule has 2 aliphatic rings. The summed E-state index contributed by atoms with van der Waals surface area (Å²) in [4.78, 5) is 8.68. The largest absolute Gasteiger partial charge is 0.453 e. The van der Waals surface area contributed by atoms with Gasteiger partial charge in [-0.1, -0.05) is 48.5 Å². The van der Waals surface area contributed by atoms with Crippen molar-refractivity contribution < 1.29 is 14.0 Å². The minimum absolute atomic E-state index is 0.342. The highest BCUT2D eigenvalue weighted by molar-refractivity contribution is 5.86. The normalized spacial score (nSPS) is 13.2. The van der Waals surface area contributed by atoms with E-state index in [1.54, 1.807) is 0 Å². The lowest BCUT2D eigenvalue weighted by atomic mass is 10.1. The molecule has 0 spiro atoms. The summed E-state index contributed by atoms with van der Waals surface area (Å²) in [6.45, 7) is 0. The number of nitrogens with zero attached hydrogens (tertiary/aromatic N) is 4. The number of ether oxygens (including phenoxy) is 2. The number of para-hydroxylation sites is 8. The van der Waals surface area contributed by atoms with E-state index in [0.29, 0.717) is 12.0 Å². The van der Waals surface area contributed by atoms with E-state index in [9.17, 15) is 0 Å². The van der Waals surface area contributed by atoms with Crippen molar-refractivity contribution in [3.63, 3.8) is 0 Å². The highest BCUT2D eigenvalue weighted by atomic mass is 16.5. The Hall–Kier alpha value is -4.78. The topological polar surface area (TPSA) is 63.9 Å². The summed E-state index contributed by atoms with van der Waals surface area (Å²) in [5.41, 5.74) is 3.33. The fourth-order valence-corrected chi connectivity index (χ4v) is 4.22. The van der Waals surface area contributed by atoms with Crippen molar-refractivity contribution in [2.45, 2.75) is 0 Å². The lowest BCUT2D eigenvalue weighted by Crippen LogP contribution is -2.18. The van der Waals surface area contributed by atoms with Gasteiger partial charge in [0.25, 0.3) is 5.95 Å². The predicted octanol–water partition coefficient (Wildman–Crippen LogP) is 7.22. The molecule has 7 rings (SSSR count). The SMILES string of the molecule is c1ccc2c(c1)Oc1ccccc1N2c1noc(N2c3ccccc3Oc3ccccc32)n1. The molecule has 7 heteroatoms. The molecule has 0 saturated carbocycles. The Morgan fingerprint density at radius 1 is 0.485 bits per heavy atom. The Balaban J connectivity index is 1.39. The Morgan fingerprint density at radius 3 is 1.33 bits per heavy atom. The van der Waals surface area contributed by atoms with E-state index >= 15 is 0 Å². The van der Waals surface area contributed by atoms with E-state index in [1.807, 2.05) is 107 Å². The Morgan fingerprint density at radius 2 is 0.879 bits per heavy atom. The monoisotopic (exact) mass is 432 g/mol. The highest BCUT2D eigenvalue weighted by Gasteiger charge is 2.32. The van der Waals surface area contributed by atoms with Gasteiger partial charge in [0.15, 0.2) is 23.0 Å². The van der Waals surface area contributed by atoms with E-state index < -0.39 is 0 Å². The molecule has 0 atom stereocenters. The molecule has 4 aromatic carbocycles. The maximum atomic E-state index is 6.09. The summed E-state index contributed by atoms with van der Waals surface area (Å²) in [7, 11) is 0. The van der Waals surface area contributed by atoms with Crippen molar-refractivity contribution in [2.75, 3.05) is 9.80 Å². The first-order valence-electron chi connectivity index (χ1n) is 10.5. The van der Waals surface area contributed by atoms with Crippen LogP contribution < -0.4 is 19.3 Å². The Kier molecular flexibility index (Phi) is 3.71. The van der Waals surface area contributed by atoms with E-state index in [1.165, 1.54) is 0 Å². The third kappa shape index (κ3) is 2.69. The van der Waals surface area contributed by atoms with Crippen LogP contribution in [0.15, 0.2) is 102 Å². The van der Waals surface area contributed by atoms with Crippen molar-refractivity contribution in [1.29, 1.82) is 0 Å². The minimum Gasteiger partial charge on any atom is -0.453 e. The maximum absolute atomic E-state index is 6.09. The van der Waals surface area contributed by atoms with Gasteiger partial charge in [-0.2, -0.15) is 4.98 Å². The average Bonchev–Trinajstić information content (AvgIpc) is 3.35. The maximum Gasteiger partial charge on any atom is 0.335 e. The fraction of sp³-hybridized carbons (Fsp3) is 0. The third-order valence-corrected chi connectivity index (χ3v) is 5.66. The van der Waals surface area contributed by atoms with E-state index in [0.717, 1.165) is 45.7 Å². The van der Waals surface area contributed by atoms with Crippen molar-refractivity contribution in [2.24, 2.45) is 0 Å². The zero-order valence-electron chi connectivity index (χ0n) is 17.3. The molecule has 0 N–H and O–H groups in total. The van der Waals surface area contributed by atoms with Crippen LogP contribution in [0.3, 0.4) is 0 Å². The second kappa shape index (κ2) is 6.86.